The summed E-state index contributed by atoms with van der Waals surface area (Å²) in [6.45, 7) is 0. The molecule has 3 rings (SSSR count). The second kappa shape index (κ2) is 6.55. The molecular formula is C15H11N5O3S. The molecule has 0 spiro atoms. The lowest BCUT2D eigenvalue weighted by molar-refractivity contribution is 0.0600. The van der Waals surface area contributed by atoms with E-state index in [9.17, 15) is 9.59 Å². The van der Waals surface area contributed by atoms with Crippen molar-refractivity contribution in [2.24, 2.45) is 0 Å². The zero-order valence-electron chi connectivity index (χ0n) is 12.5. The predicted molar refractivity (Wildman–Crippen MR) is 85.7 cm³/mol. The maximum atomic E-state index is 11.9. The van der Waals surface area contributed by atoms with E-state index in [0.29, 0.717) is 16.5 Å². The number of aromatic nitrogens is 4. The first-order valence-electron chi connectivity index (χ1n) is 6.80. The van der Waals surface area contributed by atoms with Crippen LogP contribution in [0.15, 0.2) is 40.4 Å². The molecular weight excluding hydrogens is 330 g/mol. The van der Waals surface area contributed by atoms with Crippen molar-refractivity contribution >= 4 is 23.4 Å². The van der Waals surface area contributed by atoms with Crippen LogP contribution in [-0.2, 0) is 10.5 Å². The van der Waals surface area contributed by atoms with Gasteiger partial charge >= 0.3 is 11.7 Å². The van der Waals surface area contributed by atoms with E-state index in [1.165, 1.54) is 25.1 Å². The van der Waals surface area contributed by atoms with Crippen molar-refractivity contribution in [3.8, 4) is 6.07 Å². The number of fused-ring (bicyclic) bond motifs is 1. The molecule has 0 unspecified atom stereocenters. The molecule has 0 fully saturated rings. The zero-order valence-corrected chi connectivity index (χ0v) is 13.3. The Kier molecular flexibility index (Phi) is 4.31. The van der Waals surface area contributed by atoms with E-state index in [0.717, 1.165) is 10.1 Å². The molecule has 0 saturated carbocycles. The molecule has 24 heavy (non-hydrogen) atoms. The summed E-state index contributed by atoms with van der Waals surface area (Å²) in [5, 5.41) is 13.2. The van der Waals surface area contributed by atoms with Gasteiger partial charge in [0.05, 0.1) is 18.9 Å². The molecule has 0 amide bonds. The average molecular weight is 341 g/mol. The number of hydrogen-bond donors (Lipinski definition) is 1. The molecule has 9 heteroatoms. The van der Waals surface area contributed by atoms with Gasteiger partial charge in [-0.1, -0.05) is 23.9 Å². The van der Waals surface area contributed by atoms with E-state index in [4.69, 9.17) is 5.26 Å². The molecule has 0 saturated heterocycles. The zero-order chi connectivity index (χ0) is 17.1. The lowest BCUT2D eigenvalue weighted by atomic mass is 10.1. The number of H-pyrrole nitrogens is 1. The predicted octanol–water partition coefficient (Wildman–Crippen LogP) is 1.37. The van der Waals surface area contributed by atoms with Crippen LogP contribution in [0.2, 0.25) is 0 Å². The van der Waals surface area contributed by atoms with E-state index < -0.39 is 11.7 Å². The summed E-state index contributed by atoms with van der Waals surface area (Å²) in [7, 11) is 1.33. The number of rotatable bonds is 4. The molecule has 8 nitrogen and oxygen atoms in total. The molecule has 0 atom stereocenters. The minimum atomic E-state index is -0.465. The molecule has 1 aromatic carbocycles. The Hall–Kier alpha value is -3.12. The minimum Gasteiger partial charge on any atom is -0.465 e. The van der Waals surface area contributed by atoms with E-state index in [2.05, 4.69) is 19.8 Å². The van der Waals surface area contributed by atoms with Crippen molar-refractivity contribution in [2.45, 2.75) is 10.9 Å². The van der Waals surface area contributed by atoms with Crippen LogP contribution in [0.4, 0.5) is 0 Å². The molecule has 0 radical (unpaired) electrons. The highest BCUT2D eigenvalue weighted by Crippen LogP contribution is 2.20. The van der Waals surface area contributed by atoms with Crippen LogP contribution >= 0.6 is 11.8 Å². The summed E-state index contributed by atoms with van der Waals surface area (Å²) in [6, 6.07) is 8.94. The molecule has 1 N–H and O–H groups in total. The monoisotopic (exact) mass is 341 g/mol. The lowest BCUT2D eigenvalue weighted by Gasteiger charge is -2.04. The Morgan fingerprint density at radius 1 is 1.50 bits per heavy atom. The van der Waals surface area contributed by atoms with Gasteiger partial charge in [0, 0.05) is 5.75 Å². The fourth-order valence-electron chi connectivity index (χ4n) is 2.07. The molecule has 2 aromatic heterocycles. The van der Waals surface area contributed by atoms with E-state index in [-0.39, 0.29) is 11.2 Å². The third-order valence-electron chi connectivity index (χ3n) is 3.20. The van der Waals surface area contributed by atoms with Gasteiger partial charge in [-0.05, 0) is 17.7 Å². The van der Waals surface area contributed by atoms with Gasteiger partial charge in [-0.25, -0.2) is 14.6 Å². The molecule has 0 aliphatic carbocycles. The van der Waals surface area contributed by atoms with E-state index in [1.54, 1.807) is 18.2 Å². The smallest absolute Gasteiger partial charge is 0.350 e. The van der Waals surface area contributed by atoms with Crippen LogP contribution in [0.1, 0.15) is 21.5 Å². The first-order chi connectivity index (χ1) is 11.6. The highest BCUT2D eigenvalue weighted by molar-refractivity contribution is 7.98. The van der Waals surface area contributed by atoms with Crippen LogP contribution in [0.3, 0.4) is 0 Å². The summed E-state index contributed by atoms with van der Waals surface area (Å²) in [4.78, 5) is 30.3. The first kappa shape index (κ1) is 15.8. The number of benzene rings is 1. The highest BCUT2D eigenvalue weighted by Gasteiger charge is 2.11. The van der Waals surface area contributed by atoms with Gasteiger partial charge < -0.3 is 4.74 Å². The Labute approximate surface area is 140 Å². The van der Waals surface area contributed by atoms with Crippen LogP contribution in [0, 0.1) is 11.3 Å². The number of ether oxygens (including phenoxy) is 1. The third kappa shape index (κ3) is 3.00. The number of aromatic amines is 1. The van der Waals surface area contributed by atoms with Gasteiger partial charge in [-0.2, -0.15) is 14.9 Å². The van der Waals surface area contributed by atoms with E-state index >= 15 is 0 Å². The Balaban J connectivity index is 1.85. The molecule has 2 heterocycles. The van der Waals surface area contributed by atoms with Crippen LogP contribution < -0.4 is 5.69 Å². The molecule has 0 aliphatic heterocycles. The average Bonchev–Trinajstić information content (AvgIpc) is 3.03. The van der Waals surface area contributed by atoms with Gasteiger partial charge in [0.15, 0.2) is 10.8 Å². The van der Waals surface area contributed by atoms with Crippen LogP contribution in [0.5, 0.6) is 0 Å². The molecule has 120 valence electrons. The third-order valence-corrected chi connectivity index (χ3v) is 4.15. The van der Waals surface area contributed by atoms with Gasteiger partial charge in [-0.15, -0.1) is 0 Å². The number of thioether (sulfide) groups is 1. The highest BCUT2D eigenvalue weighted by atomic mass is 32.2. The standard InChI is InChI=1S/C15H11N5O3S/c1-23-13(21)10-4-2-3-9(5-10)8-24-14-18-12-11(6-16)7-17-20(12)15(22)19-14/h2-5,7H,8H2,1H3,(H,18,19,22). The molecule has 0 aliphatic rings. The van der Waals surface area contributed by atoms with E-state index in [1.807, 2.05) is 12.1 Å². The SMILES string of the molecule is COC(=O)c1cccc(CSc2nc3c(C#N)cnn3c(=O)[nH]2)c1. The Morgan fingerprint density at radius 2 is 2.33 bits per heavy atom. The van der Waals surface area contributed by atoms with Crippen molar-refractivity contribution in [1.82, 2.24) is 19.6 Å². The second-order valence-electron chi connectivity index (χ2n) is 4.73. The summed E-state index contributed by atoms with van der Waals surface area (Å²) in [5.41, 5.74) is 1.31. The van der Waals surface area contributed by atoms with Crippen molar-refractivity contribution in [1.29, 1.82) is 5.26 Å². The van der Waals surface area contributed by atoms with Gasteiger partial charge in [0.25, 0.3) is 0 Å². The van der Waals surface area contributed by atoms with Crippen molar-refractivity contribution in [3.63, 3.8) is 0 Å². The number of nitrogens with zero attached hydrogens (tertiary/aromatic N) is 4. The summed E-state index contributed by atoms with van der Waals surface area (Å²) >= 11 is 1.28. The number of nitrogens with one attached hydrogen (secondary N) is 1. The topological polar surface area (TPSA) is 113 Å². The summed E-state index contributed by atoms with van der Waals surface area (Å²) in [6.07, 6.45) is 1.30. The number of hydrogen-bond acceptors (Lipinski definition) is 7. The minimum absolute atomic E-state index is 0.215. The number of carbonyl (C=O) groups is 1. The molecule has 3 aromatic rings. The summed E-state index contributed by atoms with van der Waals surface area (Å²) in [5.74, 6) is 0.0766. The van der Waals surface area contributed by atoms with Crippen LogP contribution in [0.25, 0.3) is 5.65 Å². The normalized spacial score (nSPS) is 10.5. The molecule has 0 bridgehead atoms. The maximum absolute atomic E-state index is 11.9. The fourth-order valence-corrected chi connectivity index (χ4v) is 2.87. The number of methoxy groups -OCH3 is 1. The van der Waals surface area contributed by atoms with Gasteiger partial charge in [0.1, 0.15) is 11.6 Å². The largest absolute Gasteiger partial charge is 0.465 e. The first-order valence-corrected chi connectivity index (χ1v) is 7.79. The van der Waals surface area contributed by atoms with Crippen molar-refractivity contribution in [3.05, 3.63) is 57.6 Å². The number of nitriles is 1. The number of esters is 1. The quantitative estimate of drug-likeness (QED) is 0.563. The summed E-state index contributed by atoms with van der Waals surface area (Å²) < 4.78 is 5.73. The Morgan fingerprint density at radius 3 is 3.08 bits per heavy atom. The van der Waals surface area contributed by atoms with Crippen molar-refractivity contribution < 1.29 is 9.53 Å². The van der Waals surface area contributed by atoms with Gasteiger partial charge in [-0.3, -0.25) is 4.98 Å². The van der Waals surface area contributed by atoms with Crippen LogP contribution in [-0.4, -0.2) is 32.7 Å². The number of carbonyl (C=O) groups excluding carboxylic acids is 1. The maximum Gasteiger partial charge on any atom is 0.350 e. The lowest BCUT2D eigenvalue weighted by Crippen LogP contribution is -2.19. The second-order valence-corrected chi connectivity index (χ2v) is 5.70. The Bertz CT molecular complexity index is 1020. The fraction of sp³-hybridized carbons (Fsp3) is 0.133. The van der Waals surface area contributed by atoms with Gasteiger partial charge in [0.2, 0.25) is 0 Å². The van der Waals surface area contributed by atoms with Crippen molar-refractivity contribution in [2.75, 3.05) is 7.11 Å².